The Morgan fingerprint density at radius 3 is 2.08 bits per heavy atom. The number of hydrazine groups is 1. The van der Waals surface area contributed by atoms with Crippen molar-refractivity contribution in [3.63, 3.8) is 0 Å². The van der Waals surface area contributed by atoms with Gasteiger partial charge in [-0.1, -0.05) is 12.8 Å². The molecule has 0 radical (unpaired) electrons. The van der Waals surface area contributed by atoms with Crippen LogP contribution in [-0.4, -0.2) is 57.1 Å². The number of aliphatic hydroxyl groups is 1. The number of aliphatic hydroxyl groups excluding tert-OH is 1. The quantitative estimate of drug-likeness (QED) is 0.294. The molecule has 0 aromatic heterocycles. The number of nitrogens with zero attached hydrogens (tertiary/aromatic N) is 4. The normalized spacial score (nSPS) is 13.5. The third-order valence-corrected chi connectivity index (χ3v) is 3.85. The van der Waals surface area contributed by atoms with Gasteiger partial charge in [0.25, 0.3) is 17.3 Å². The van der Waals surface area contributed by atoms with E-state index >= 15 is 0 Å². The zero-order valence-corrected chi connectivity index (χ0v) is 13.7. The van der Waals surface area contributed by atoms with E-state index in [0.717, 1.165) is 37.5 Å². The summed E-state index contributed by atoms with van der Waals surface area (Å²) in [6.07, 6.45) is 3.11. The molecule has 10 nitrogen and oxygen atoms in total. The van der Waals surface area contributed by atoms with Crippen LogP contribution >= 0.6 is 0 Å². The lowest BCUT2D eigenvalue weighted by Gasteiger charge is -2.23. The number of nitro benzene ring substituents is 2. The highest BCUT2D eigenvalue weighted by Gasteiger charge is 2.31. The second-order valence-electron chi connectivity index (χ2n) is 5.77. The van der Waals surface area contributed by atoms with Crippen molar-refractivity contribution in [3.8, 4) is 0 Å². The average molecular weight is 352 g/mol. The Hall–Kier alpha value is -2.59. The fraction of sp³-hybridized carbons (Fsp3) is 0.533. The summed E-state index contributed by atoms with van der Waals surface area (Å²) in [5, 5.41) is 34.0. The third kappa shape index (κ3) is 5.19. The van der Waals surface area contributed by atoms with E-state index in [0.29, 0.717) is 26.1 Å². The van der Waals surface area contributed by atoms with Crippen molar-refractivity contribution in [2.24, 2.45) is 0 Å². The molecule has 0 aliphatic carbocycles. The number of hydrogen-bond donors (Lipinski definition) is 1. The second kappa shape index (κ2) is 8.49. The predicted octanol–water partition coefficient (Wildman–Crippen LogP) is 1.73. The number of rotatable bonds is 10. The highest BCUT2D eigenvalue weighted by atomic mass is 16.6. The van der Waals surface area contributed by atoms with Gasteiger partial charge in [0, 0.05) is 38.4 Å². The predicted molar refractivity (Wildman–Crippen MR) is 87.9 cm³/mol. The number of amides is 1. The molecule has 10 heteroatoms. The van der Waals surface area contributed by atoms with Gasteiger partial charge >= 0.3 is 0 Å². The van der Waals surface area contributed by atoms with Gasteiger partial charge in [0.2, 0.25) is 0 Å². The lowest BCUT2D eigenvalue weighted by molar-refractivity contribution is -0.394. The smallest absolute Gasteiger partial charge is 0.277 e. The van der Waals surface area contributed by atoms with Gasteiger partial charge < -0.3 is 5.11 Å². The van der Waals surface area contributed by atoms with E-state index in [-0.39, 0.29) is 12.2 Å². The van der Waals surface area contributed by atoms with E-state index in [1.807, 2.05) is 0 Å². The van der Waals surface area contributed by atoms with Gasteiger partial charge in [0.15, 0.2) is 0 Å². The summed E-state index contributed by atoms with van der Waals surface area (Å²) in [6, 6.07) is 2.97. The number of hydrogen-bond acceptors (Lipinski definition) is 7. The van der Waals surface area contributed by atoms with E-state index in [9.17, 15) is 25.0 Å². The third-order valence-electron chi connectivity index (χ3n) is 3.85. The van der Waals surface area contributed by atoms with Gasteiger partial charge in [-0.3, -0.25) is 30.0 Å². The van der Waals surface area contributed by atoms with E-state index in [1.165, 1.54) is 5.01 Å². The first kappa shape index (κ1) is 18.7. The lowest BCUT2D eigenvalue weighted by atomic mass is 10.1. The van der Waals surface area contributed by atoms with Crippen molar-refractivity contribution >= 4 is 17.3 Å². The first-order chi connectivity index (χ1) is 11.9. The van der Waals surface area contributed by atoms with Crippen molar-refractivity contribution in [2.75, 3.05) is 26.2 Å². The van der Waals surface area contributed by atoms with Crippen LogP contribution in [-0.2, 0) is 0 Å². The minimum absolute atomic E-state index is 0.0665. The highest BCUT2D eigenvalue weighted by Crippen LogP contribution is 2.25. The Balaban J connectivity index is 2.15. The van der Waals surface area contributed by atoms with Gasteiger partial charge in [-0.15, -0.1) is 0 Å². The van der Waals surface area contributed by atoms with E-state index in [1.54, 1.807) is 5.01 Å². The van der Waals surface area contributed by atoms with Gasteiger partial charge in [0.1, 0.15) is 0 Å². The van der Waals surface area contributed by atoms with Crippen molar-refractivity contribution in [1.82, 2.24) is 10.0 Å². The van der Waals surface area contributed by atoms with Crippen LogP contribution in [0.1, 0.15) is 36.0 Å². The minimum Gasteiger partial charge on any atom is -0.396 e. The van der Waals surface area contributed by atoms with Crippen LogP contribution in [0.3, 0.4) is 0 Å². The maximum absolute atomic E-state index is 12.7. The molecule has 2 rings (SSSR count). The van der Waals surface area contributed by atoms with Crippen LogP contribution in [0.2, 0.25) is 0 Å². The summed E-state index contributed by atoms with van der Waals surface area (Å²) in [7, 11) is 0. The average Bonchev–Trinajstić information content (AvgIpc) is 3.42. The number of nitro groups is 2. The van der Waals surface area contributed by atoms with Crippen molar-refractivity contribution < 1.29 is 19.7 Å². The number of carbonyl (C=O) groups excluding carboxylic acids is 1. The molecule has 1 aliphatic rings. The molecule has 0 saturated carbocycles. The maximum Gasteiger partial charge on any atom is 0.277 e. The highest BCUT2D eigenvalue weighted by molar-refractivity contribution is 5.95. The molecule has 1 aromatic carbocycles. The van der Waals surface area contributed by atoms with Crippen LogP contribution in [0.5, 0.6) is 0 Å². The summed E-state index contributed by atoms with van der Waals surface area (Å²) in [5.41, 5.74) is -1.03. The molecule has 25 heavy (non-hydrogen) atoms. The molecule has 1 fully saturated rings. The molecular formula is C15H20N4O6. The molecule has 0 atom stereocenters. The first-order valence-electron chi connectivity index (χ1n) is 8.05. The molecule has 0 bridgehead atoms. The lowest BCUT2D eigenvalue weighted by Crippen LogP contribution is -2.36. The SMILES string of the molecule is O=C(c1cc([N+](=O)[O-])cc([N+](=O)[O-])c1)N(CCCCCCO)N1CC1. The molecule has 1 aromatic rings. The van der Waals surface area contributed by atoms with Crippen LogP contribution < -0.4 is 0 Å². The van der Waals surface area contributed by atoms with Gasteiger partial charge in [-0.05, 0) is 12.8 Å². The van der Waals surface area contributed by atoms with Crippen LogP contribution in [0.4, 0.5) is 11.4 Å². The summed E-state index contributed by atoms with van der Waals surface area (Å²) in [4.78, 5) is 33.1. The first-order valence-corrected chi connectivity index (χ1v) is 8.05. The fourth-order valence-corrected chi connectivity index (χ4v) is 2.46. The molecule has 0 unspecified atom stereocenters. The van der Waals surface area contributed by atoms with Crippen molar-refractivity contribution in [1.29, 1.82) is 0 Å². The van der Waals surface area contributed by atoms with Crippen LogP contribution in [0.15, 0.2) is 18.2 Å². The second-order valence-corrected chi connectivity index (χ2v) is 5.77. The molecule has 1 heterocycles. The van der Waals surface area contributed by atoms with E-state index in [2.05, 4.69) is 0 Å². The maximum atomic E-state index is 12.7. The Bertz CT molecular complexity index is 629. The summed E-state index contributed by atoms with van der Waals surface area (Å²) >= 11 is 0. The zero-order chi connectivity index (χ0) is 18.4. The van der Waals surface area contributed by atoms with Crippen molar-refractivity contribution in [3.05, 3.63) is 44.0 Å². The van der Waals surface area contributed by atoms with Gasteiger partial charge in [-0.2, -0.15) is 0 Å². The molecule has 1 N–H and O–H groups in total. The van der Waals surface area contributed by atoms with Gasteiger partial charge in [-0.25, -0.2) is 5.01 Å². The molecule has 136 valence electrons. The van der Waals surface area contributed by atoms with E-state index < -0.39 is 27.1 Å². The number of non-ortho nitro benzene ring substituents is 2. The summed E-state index contributed by atoms with van der Waals surface area (Å²) < 4.78 is 0. The van der Waals surface area contributed by atoms with Crippen LogP contribution in [0.25, 0.3) is 0 Å². The standard InChI is InChI=1S/C15H20N4O6/c20-8-4-2-1-3-5-17(16-6-7-16)15(21)12-9-13(18(22)23)11-14(10-12)19(24)25/h9-11,20H,1-8H2. The monoisotopic (exact) mass is 352 g/mol. The zero-order valence-electron chi connectivity index (χ0n) is 13.7. The van der Waals surface area contributed by atoms with Crippen LogP contribution in [0, 0.1) is 20.2 Å². The Morgan fingerprint density at radius 1 is 1.04 bits per heavy atom. The Kier molecular flexibility index (Phi) is 6.37. The fourth-order valence-electron chi connectivity index (χ4n) is 2.46. The topological polar surface area (TPSA) is 130 Å². The number of benzene rings is 1. The van der Waals surface area contributed by atoms with Gasteiger partial charge in [0.05, 0.1) is 21.5 Å². The minimum atomic E-state index is -0.750. The molecule has 1 aliphatic heterocycles. The Labute approximate surface area is 143 Å². The largest absolute Gasteiger partial charge is 0.396 e. The Morgan fingerprint density at radius 2 is 1.60 bits per heavy atom. The number of unbranched alkanes of at least 4 members (excludes halogenated alkanes) is 3. The molecule has 1 saturated heterocycles. The summed E-state index contributed by atoms with van der Waals surface area (Å²) in [6.45, 7) is 1.98. The van der Waals surface area contributed by atoms with Crippen molar-refractivity contribution in [2.45, 2.75) is 25.7 Å². The summed E-state index contributed by atoms with van der Waals surface area (Å²) in [5.74, 6) is -0.480. The molecular weight excluding hydrogens is 332 g/mol. The molecule has 1 amide bonds. The molecule has 0 spiro atoms. The van der Waals surface area contributed by atoms with E-state index in [4.69, 9.17) is 5.11 Å². The number of carbonyl (C=O) groups is 1.